The van der Waals surface area contributed by atoms with E-state index in [1.54, 1.807) is 12.3 Å². The van der Waals surface area contributed by atoms with E-state index in [2.05, 4.69) is 26.8 Å². The molecule has 0 aromatic carbocycles. The largest absolute Gasteiger partial charge is 0.353 e. The first-order valence-electron chi connectivity index (χ1n) is 6.11. The van der Waals surface area contributed by atoms with Gasteiger partial charge in [0.2, 0.25) is 0 Å². The summed E-state index contributed by atoms with van der Waals surface area (Å²) in [5.41, 5.74) is 0.648. The molecule has 1 aliphatic rings. The summed E-state index contributed by atoms with van der Waals surface area (Å²) in [5.74, 6) is 3.47. The van der Waals surface area contributed by atoms with Crippen LogP contribution in [0.3, 0.4) is 0 Å². The van der Waals surface area contributed by atoms with Gasteiger partial charge in [-0.3, -0.25) is 4.90 Å². The third kappa shape index (κ3) is 2.80. The molecule has 92 valence electrons. The molecule has 0 radical (unpaired) electrons. The Morgan fingerprint density at radius 3 is 2.78 bits per heavy atom. The molecule has 0 atom stereocenters. The van der Waals surface area contributed by atoms with Crippen LogP contribution in [0.2, 0.25) is 0 Å². The fourth-order valence-corrected chi connectivity index (χ4v) is 2.14. The lowest BCUT2D eigenvalue weighted by atomic mass is 10.2. The molecule has 1 aromatic rings. The predicted octanol–water partition coefficient (Wildman–Crippen LogP) is 1.10. The Labute approximate surface area is 108 Å². The number of terminal acetylenes is 1. The quantitative estimate of drug-likeness (QED) is 0.742. The van der Waals surface area contributed by atoms with Crippen LogP contribution >= 0.6 is 0 Å². The Kier molecular flexibility index (Phi) is 4.17. The van der Waals surface area contributed by atoms with E-state index in [1.165, 1.54) is 0 Å². The summed E-state index contributed by atoms with van der Waals surface area (Å²) in [6, 6.07) is 5.80. The molecule has 4 nitrogen and oxygen atoms in total. The molecule has 1 aromatic heterocycles. The number of piperazine rings is 1. The van der Waals surface area contributed by atoms with Crippen molar-refractivity contribution in [2.75, 3.05) is 37.6 Å². The molecular formula is C14H16N4. The Morgan fingerprint density at radius 1 is 1.33 bits per heavy atom. The van der Waals surface area contributed by atoms with Crippen molar-refractivity contribution < 1.29 is 0 Å². The first kappa shape index (κ1) is 12.4. The van der Waals surface area contributed by atoms with Gasteiger partial charge in [-0.2, -0.15) is 5.26 Å². The zero-order valence-corrected chi connectivity index (χ0v) is 10.3. The van der Waals surface area contributed by atoms with Crippen LogP contribution in [0.25, 0.3) is 0 Å². The lowest BCUT2D eigenvalue weighted by molar-refractivity contribution is 0.263. The van der Waals surface area contributed by atoms with Gasteiger partial charge in [0.1, 0.15) is 11.9 Å². The molecule has 0 saturated carbocycles. The number of rotatable bonds is 3. The Bertz CT molecular complexity index is 475. The standard InChI is InChI=1S/C14H16N4/c1-2-3-7-17-8-10-18(11-9-17)14-13(12-15)5-4-6-16-14/h1,4-6H,3,7-11H2. The van der Waals surface area contributed by atoms with Gasteiger partial charge in [0, 0.05) is 45.3 Å². The molecule has 2 heterocycles. The van der Waals surface area contributed by atoms with Crippen LogP contribution in [-0.2, 0) is 0 Å². The highest BCUT2D eigenvalue weighted by molar-refractivity contribution is 5.53. The molecule has 18 heavy (non-hydrogen) atoms. The van der Waals surface area contributed by atoms with Crippen LogP contribution in [-0.4, -0.2) is 42.6 Å². The first-order chi connectivity index (χ1) is 8.85. The number of pyridine rings is 1. The lowest BCUT2D eigenvalue weighted by Crippen LogP contribution is -2.47. The van der Waals surface area contributed by atoms with Gasteiger partial charge in [0.25, 0.3) is 0 Å². The van der Waals surface area contributed by atoms with Gasteiger partial charge in [-0.05, 0) is 12.1 Å². The Hall–Kier alpha value is -2.04. The molecule has 1 aliphatic heterocycles. The minimum Gasteiger partial charge on any atom is -0.353 e. The Balaban J connectivity index is 1.98. The topological polar surface area (TPSA) is 43.2 Å². The van der Waals surface area contributed by atoms with E-state index in [0.29, 0.717) is 5.56 Å². The second-order valence-electron chi connectivity index (χ2n) is 4.27. The normalized spacial score (nSPS) is 16.0. The van der Waals surface area contributed by atoms with E-state index in [-0.39, 0.29) is 0 Å². The molecule has 0 amide bonds. The minimum atomic E-state index is 0.648. The summed E-state index contributed by atoms with van der Waals surface area (Å²) >= 11 is 0. The molecule has 0 bridgehead atoms. The van der Waals surface area contributed by atoms with E-state index in [0.717, 1.165) is 45.0 Å². The summed E-state index contributed by atoms with van der Waals surface area (Å²) in [6.07, 6.45) is 7.80. The molecular weight excluding hydrogens is 224 g/mol. The van der Waals surface area contributed by atoms with Gasteiger partial charge in [0.15, 0.2) is 0 Å². The number of hydrogen-bond acceptors (Lipinski definition) is 4. The molecule has 2 rings (SSSR count). The maximum absolute atomic E-state index is 9.07. The average Bonchev–Trinajstić information content (AvgIpc) is 2.45. The van der Waals surface area contributed by atoms with Crippen molar-refractivity contribution in [1.29, 1.82) is 5.26 Å². The summed E-state index contributed by atoms with van der Waals surface area (Å²) in [5, 5.41) is 9.07. The molecule has 0 spiro atoms. The lowest BCUT2D eigenvalue weighted by Gasteiger charge is -2.35. The second-order valence-corrected chi connectivity index (χ2v) is 4.27. The van der Waals surface area contributed by atoms with Crippen LogP contribution in [0.5, 0.6) is 0 Å². The molecule has 0 aliphatic carbocycles. The highest BCUT2D eigenvalue weighted by Gasteiger charge is 2.19. The van der Waals surface area contributed by atoms with Crippen molar-refractivity contribution in [2.45, 2.75) is 6.42 Å². The van der Waals surface area contributed by atoms with Gasteiger partial charge in [-0.1, -0.05) is 0 Å². The highest BCUT2D eigenvalue weighted by Crippen LogP contribution is 2.17. The van der Waals surface area contributed by atoms with E-state index >= 15 is 0 Å². The van der Waals surface area contributed by atoms with Crippen LogP contribution in [0.4, 0.5) is 5.82 Å². The molecule has 4 heteroatoms. The van der Waals surface area contributed by atoms with Crippen molar-refractivity contribution in [2.24, 2.45) is 0 Å². The average molecular weight is 240 g/mol. The number of nitrogens with zero attached hydrogens (tertiary/aromatic N) is 4. The minimum absolute atomic E-state index is 0.648. The molecule has 1 fully saturated rings. The third-order valence-corrected chi connectivity index (χ3v) is 3.15. The zero-order chi connectivity index (χ0) is 12.8. The van der Waals surface area contributed by atoms with Gasteiger partial charge in [-0.25, -0.2) is 4.98 Å². The number of hydrogen-bond donors (Lipinski definition) is 0. The second kappa shape index (κ2) is 6.05. The van der Waals surface area contributed by atoms with Gasteiger partial charge < -0.3 is 4.90 Å². The zero-order valence-electron chi connectivity index (χ0n) is 10.3. The van der Waals surface area contributed by atoms with Crippen LogP contribution in [0, 0.1) is 23.7 Å². The van der Waals surface area contributed by atoms with E-state index in [4.69, 9.17) is 11.7 Å². The van der Waals surface area contributed by atoms with Crippen LogP contribution in [0.15, 0.2) is 18.3 Å². The van der Waals surface area contributed by atoms with Crippen LogP contribution in [0.1, 0.15) is 12.0 Å². The molecule has 0 unspecified atom stereocenters. The summed E-state index contributed by atoms with van der Waals surface area (Å²) < 4.78 is 0. The van der Waals surface area contributed by atoms with Crippen molar-refractivity contribution in [3.63, 3.8) is 0 Å². The van der Waals surface area contributed by atoms with E-state index in [9.17, 15) is 0 Å². The van der Waals surface area contributed by atoms with Crippen molar-refractivity contribution >= 4 is 5.82 Å². The van der Waals surface area contributed by atoms with Crippen LogP contribution < -0.4 is 4.90 Å². The summed E-state index contributed by atoms with van der Waals surface area (Å²) in [4.78, 5) is 8.84. The van der Waals surface area contributed by atoms with Crippen molar-refractivity contribution in [3.8, 4) is 18.4 Å². The summed E-state index contributed by atoms with van der Waals surface area (Å²) in [7, 11) is 0. The summed E-state index contributed by atoms with van der Waals surface area (Å²) in [6.45, 7) is 4.70. The number of aromatic nitrogens is 1. The third-order valence-electron chi connectivity index (χ3n) is 3.15. The van der Waals surface area contributed by atoms with Gasteiger partial charge in [0.05, 0.1) is 5.56 Å². The van der Waals surface area contributed by atoms with Gasteiger partial charge >= 0.3 is 0 Å². The van der Waals surface area contributed by atoms with Crippen molar-refractivity contribution in [3.05, 3.63) is 23.9 Å². The van der Waals surface area contributed by atoms with E-state index in [1.807, 2.05) is 6.07 Å². The number of anilines is 1. The monoisotopic (exact) mass is 240 g/mol. The van der Waals surface area contributed by atoms with Gasteiger partial charge in [-0.15, -0.1) is 12.3 Å². The van der Waals surface area contributed by atoms with E-state index < -0.39 is 0 Å². The highest BCUT2D eigenvalue weighted by atomic mass is 15.3. The maximum Gasteiger partial charge on any atom is 0.146 e. The Morgan fingerprint density at radius 2 is 2.11 bits per heavy atom. The first-order valence-corrected chi connectivity index (χ1v) is 6.11. The number of nitriles is 1. The fraction of sp³-hybridized carbons (Fsp3) is 0.429. The smallest absolute Gasteiger partial charge is 0.146 e. The van der Waals surface area contributed by atoms with Crippen molar-refractivity contribution in [1.82, 2.24) is 9.88 Å². The predicted molar refractivity (Wildman–Crippen MR) is 71.1 cm³/mol. The maximum atomic E-state index is 9.07. The fourth-order valence-electron chi connectivity index (χ4n) is 2.14. The molecule has 0 N–H and O–H groups in total. The molecule has 1 saturated heterocycles. The SMILES string of the molecule is C#CCCN1CCN(c2ncccc2C#N)CC1.